The third-order valence-electron chi connectivity index (χ3n) is 3.91. The average molecular weight is 279 g/mol. The molecule has 5 heteroatoms. The van der Waals surface area contributed by atoms with Crippen LogP contribution in [0.25, 0.3) is 0 Å². The summed E-state index contributed by atoms with van der Waals surface area (Å²) in [5.74, 6) is -0.209. The predicted molar refractivity (Wildman–Crippen MR) is 76.5 cm³/mol. The fraction of sp³-hybridized carbons (Fsp3) is 0.533. The van der Waals surface area contributed by atoms with E-state index in [-0.39, 0.29) is 30.4 Å². The largest absolute Gasteiger partial charge is 0.336 e. The van der Waals surface area contributed by atoms with Crippen molar-refractivity contribution in [1.29, 1.82) is 0 Å². The van der Waals surface area contributed by atoms with Crippen LogP contribution < -0.4 is 5.73 Å². The molecular formula is C15H22FN3O. The Hall–Kier alpha value is -1.46. The van der Waals surface area contributed by atoms with Crippen LogP contribution in [-0.4, -0.2) is 47.4 Å². The molecule has 2 unspecified atom stereocenters. The number of amides is 1. The fourth-order valence-electron chi connectivity index (χ4n) is 2.71. The average Bonchev–Trinajstić information content (AvgIpc) is 2.44. The first-order valence-corrected chi connectivity index (χ1v) is 6.99. The van der Waals surface area contributed by atoms with Gasteiger partial charge in [0, 0.05) is 31.7 Å². The Bertz CT molecular complexity index is 463. The normalized spacial score (nSPS) is 23.9. The van der Waals surface area contributed by atoms with Crippen molar-refractivity contribution < 1.29 is 9.18 Å². The molecule has 1 amide bonds. The van der Waals surface area contributed by atoms with E-state index in [2.05, 4.69) is 11.8 Å². The highest BCUT2D eigenvalue weighted by Gasteiger charge is 2.31. The standard InChI is InChI=1S/C15H22FN3O/c1-11-9-19(15(20)7-17)12(2)8-18(11)10-13-3-5-14(16)6-4-13/h3-6,11-12H,7-10,17H2,1-2H3. The minimum absolute atomic E-state index is 0.00535. The number of piperazine rings is 1. The molecule has 1 saturated heterocycles. The number of nitrogens with zero attached hydrogens (tertiary/aromatic N) is 2. The maximum absolute atomic E-state index is 12.9. The number of hydrogen-bond acceptors (Lipinski definition) is 3. The van der Waals surface area contributed by atoms with Crippen LogP contribution >= 0.6 is 0 Å². The maximum Gasteiger partial charge on any atom is 0.236 e. The van der Waals surface area contributed by atoms with E-state index >= 15 is 0 Å². The first kappa shape index (κ1) is 14.9. The van der Waals surface area contributed by atoms with Gasteiger partial charge in [-0.3, -0.25) is 9.69 Å². The summed E-state index contributed by atoms with van der Waals surface area (Å²) in [5.41, 5.74) is 6.53. The second-order valence-corrected chi connectivity index (χ2v) is 5.50. The van der Waals surface area contributed by atoms with Gasteiger partial charge >= 0.3 is 0 Å². The van der Waals surface area contributed by atoms with Crippen molar-refractivity contribution in [1.82, 2.24) is 9.80 Å². The van der Waals surface area contributed by atoms with Crippen LogP contribution in [0.5, 0.6) is 0 Å². The Balaban J connectivity index is 2.01. The van der Waals surface area contributed by atoms with Gasteiger partial charge < -0.3 is 10.6 Å². The van der Waals surface area contributed by atoms with Crippen molar-refractivity contribution in [2.75, 3.05) is 19.6 Å². The van der Waals surface area contributed by atoms with Gasteiger partial charge in [0.25, 0.3) is 0 Å². The van der Waals surface area contributed by atoms with E-state index in [1.165, 1.54) is 12.1 Å². The van der Waals surface area contributed by atoms with Crippen molar-refractivity contribution in [3.8, 4) is 0 Å². The van der Waals surface area contributed by atoms with Gasteiger partial charge in [0.1, 0.15) is 5.82 Å². The van der Waals surface area contributed by atoms with Crippen LogP contribution in [0.3, 0.4) is 0 Å². The molecule has 0 aliphatic carbocycles. The Morgan fingerprint density at radius 2 is 1.90 bits per heavy atom. The number of halogens is 1. The minimum Gasteiger partial charge on any atom is -0.336 e. The van der Waals surface area contributed by atoms with Gasteiger partial charge in [-0.1, -0.05) is 12.1 Å². The summed E-state index contributed by atoms with van der Waals surface area (Å²) in [5, 5.41) is 0. The summed E-state index contributed by atoms with van der Waals surface area (Å²) in [6.07, 6.45) is 0. The summed E-state index contributed by atoms with van der Waals surface area (Å²) in [6, 6.07) is 7.01. The Morgan fingerprint density at radius 1 is 1.25 bits per heavy atom. The van der Waals surface area contributed by atoms with Crippen molar-refractivity contribution in [2.45, 2.75) is 32.5 Å². The number of rotatable bonds is 3. The first-order valence-electron chi connectivity index (χ1n) is 6.99. The lowest BCUT2D eigenvalue weighted by molar-refractivity contribution is -0.135. The first-order chi connectivity index (χ1) is 9.51. The van der Waals surface area contributed by atoms with Crippen LogP contribution in [0.2, 0.25) is 0 Å². The zero-order chi connectivity index (χ0) is 14.7. The van der Waals surface area contributed by atoms with Gasteiger partial charge in [-0.05, 0) is 31.5 Å². The van der Waals surface area contributed by atoms with Crippen molar-refractivity contribution >= 4 is 5.91 Å². The number of carbonyl (C=O) groups excluding carboxylic acids is 1. The molecule has 2 N–H and O–H groups in total. The molecular weight excluding hydrogens is 257 g/mol. The molecule has 2 rings (SSSR count). The number of hydrogen-bond donors (Lipinski definition) is 1. The monoisotopic (exact) mass is 279 g/mol. The molecule has 2 atom stereocenters. The predicted octanol–water partition coefficient (Wildman–Crippen LogP) is 1.21. The van der Waals surface area contributed by atoms with E-state index < -0.39 is 0 Å². The van der Waals surface area contributed by atoms with Crippen molar-refractivity contribution in [2.24, 2.45) is 5.73 Å². The van der Waals surface area contributed by atoms with Gasteiger partial charge in [0.05, 0.1) is 6.54 Å². The molecule has 1 aromatic rings. The maximum atomic E-state index is 12.9. The Kier molecular flexibility index (Phi) is 4.73. The topological polar surface area (TPSA) is 49.6 Å². The van der Waals surface area contributed by atoms with Gasteiger partial charge in [-0.25, -0.2) is 4.39 Å². The Morgan fingerprint density at radius 3 is 2.50 bits per heavy atom. The minimum atomic E-state index is -0.214. The number of nitrogens with two attached hydrogens (primary N) is 1. The van der Waals surface area contributed by atoms with E-state index in [1.807, 2.05) is 24.0 Å². The highest BCUT2D eigenvalue weighted by molar-refractivity contribution is 5.78. The quantitative estimate of drug-likeness (QED) is 0.904. The molecule has 20 heavy (non-hydrogen) atoms. The SMILES string of the molecule is CC1CN(C(=O)CN)C(C)CN1Cc1ccc(F)cc1. The fourth-order valence-corrected chi connectivity index (χ4v) is 2.71. The smallest absolute Gasteiger partial charge is 0.236 e. The third kappa shape index (κ3) is 3.35. The second kappa shape index (κ2) is 6.33. The molecule has 1 aromatic carbocycles. The van der Waals surface area contributed by atoms with Gasteiger partial charge in [-0.2, -0.15) is 0 Å². The van der Waals surface area contributed by atoms with Crippen LogP contribution in [0, 0.1) is 5.82 Å². The zero-order valence-corrected chi connectivity index (χ0v) is 12.1. The van der Waals surface area contributed by atoms with Gasteiger partial charge in [-0.15, -0.1) is 0 Å². The third-order valence-corrected chi connectivity index (χ3v) is 3.91. The van der Waals surface area contributed by atoms with E-state index in [1.54, 1.807) is 0 Å². The molecule has 1 heterocycles. The van der Waals surface area contributed by atoms with Gasteiger partial charge in [0.2, 0.25) is 5.91 Å². The van der Waals surface area contributed by atoms with Crippen LogP contribution in [0.15, 0.2) is 24.3 Å². The van der Waals surface area contributed by atoms with Gasteiger partial charge in [0.15, 0.2) is 0 Å². The van der Waals surface area contributed by atoms with Crippen LogP contribution in [0.4, 0.5) is 4.39 Å². The van der Waals surface area contributed by atoms with Crippen molar-refractivity contribution in [3.63, 3.8) is 0 Å². The molecule has 0 spiro atoms. The van der Waals surface area contributed by atoms with E-state index in [0.717, 1.165) is 18.7 Å². The van der Waals surface area contributed by atoms with Crippen LogP contribution in [0.1, 0.15) is 19.4 Å². The second-order valence-electron chi connectivity index (χ2n) is 5.50. The molecule has 1 fully saturated rings. The van der Waals surface area contributed by atoms with E-state index in [0.29, 0.717) is 6.54 Å². The lowest BCUT2D eigenvalue weighted by Gasteiger charge is -2.44. The zero-order valence-electron chi connectivity index (χ0n) is 12.1. The highest BCUT2D eigenvalue weighted by Crippen LogP contribution is 2.18. The molecule has 0 aromatic heterocycles. The number of benzene rings is 1. The van der Waals surface area contributed by atoms with E-state index in [4.69, 9.17) is 5.73 Å². The highest BCUT2D eigenvalue weighted by atomic mass is 19.1. The molecule has 4 nitrogen and oxygen atoms in total. The summed E-state index contributed by atoms with van der Waals surface area (Å²) < 4.78 is 12.9. The van der Waals surface area contributed by atoms with E-state index in [9.17, 15) is 9.18 Å². The van der Waals surface area contributed by atoms with Crippen LogP contribution in [-0.2, 0) is 11.3 Å². The molecule has 0 saturated carbocycles. The Labute approximate surface area is 119 Å². The summed E-state index contributed by atoms with van der Waals surface area (Å²) >= 11 is 0. The molecule has 1 aliphatic heterocycles. The lowest BCUT2D eigenvalue weighted by Crippen LogP contribution is -2.58. The molecule has 1 aliphatic rings. The molecule has 110 valence electrons. The molecule has 0 bridgehead atoms. The summed E-state index contributed by atoms with van der Waals surface area (Å²) in [7, 11) is 0. The van der Waals surface area contributed by atoms with Crippen molar-refractivity contribution in [3.05, 3.63) is 35.6 Å². The summed E-state index contributed by atoms with van der Waals surface area (Å²) in [6.45, 7) is 6.48. The molecule has 0 radical (unpaired) electrons. The summed E-state index contributed by atoms with van der Waals surface area (Å²) in [4.78, 5) is 15.9. The lowest BCUT2D eigenvalue weighted by atomic mass is 10.1. The number of carbonyl (C=O) groups is 1.